The maximum absolute atomic E-state index is 4.74. The van der Waals surface area contributed by atoms with E-state index in [2.05, 4.69) is 44.6 Å². The number of rotatable bonds is 2. The Morgan fingerprint density at radius 1 is 0.852 bits per heavy atom. The van der Waals surface area contributed by atoms with E-state index in [1.807, 2.05) is 52.9 Å². The van der Waals surface area contributed by atoms with Crippen LogP contribution < -0.4 is 10.9 Å². The summed E-state index contributed by atoms with van der Waals surface area (Å²) in [6, 6.07) is 22.3. The standard InChI is InChI=1S/C21H16N6/c1-22-19-25-20-23-17(14-8-4-2-5-9-14)12-16-13-18(15-10-6-3-7-11-15)24-21(26-19)27(16)20/h2-13H,1H3,(H,22,23,24,25,26). The fourth-order valence-corrected chi connectivity index (χ4v) is 3.19. The number of hydrogen-bond donors (Lipinski definition) is 1. The second-order valence-corrected chi connectivity index (χ2v) is 6.19. The molecular weight excluding hydrogens is 336 g/mol. The number of hydrogen-bond acceptors (Lipinski definition) is 5. The number of benzene rings is 2. The molecule has 6 nitrogen and oxygen atoms in total. The molecule has 6 heteroatoms. The van der Waals surface area contributed by atoms with Crippen LogP contribution in [0.5, 0.6) is 0 Å². The summed E-state index contributed by atoms with van der Waals surface area (Å²) in [6.45, 7) is 0. The van der Waals surface area contributed by atoms with Gasteiger partial charge in [0.1, 0.15) is 0 Å². The molecule has 0 atom stereocenters. The monoisotopic (exact) mass is 352 g/mol. The van der Waals surface area contributed by atoms with Crippen LogP contribution in [0, 0.1) is 0 Å². The van der Waals surface area contributed by atoms with Crippen LogP contribution in [0.25, 0.3) is 28.8 Å². The fourth-order valence-electron chi connectivity index (χ4n) is 3.19. The Balaban J connectivity index is 1.80. The summed E-state index contributed by atoms with van der Waals surface area (Å²) in [5, 5.41) is 3.38. The van der Waals surface area contributed by atoms with Gasteiger partial charge >= 0.3 is 0 Å². The van der Waals surface area contributed by atoms with Crippen molar-refractivity contribution >= 4 is 23.5 Å². The minimum atomic E-state index is 0.399. The molecule has 130 valence electrons. The van der Waals surface area contributed by atoms with Gasteiger partial charge in [-0.05, 0) is 17.7 Å². The largest absolute Gasteiger partial charge is 0.324 e. The topological polar surface area (TPSA) is 67.5 Å². The van der Waals surface area contributed by atoms with Crippen LogP contribution >= 0.6 is 0 Å². The minimum absolute atomic E-state index is 0.399. The zero-order valence-electron chi connectivity index (χ0n) is 14.7. The number of nitrogens with zero attached hydrogens (tertiary/aromatic N) is 5. The van der Waals surface area contributed by atoms with E-state index < -0.39 is 0 Å². The highest BCUT2D eigenvalue weighted by Crippen LogP contribution is 2.28. The van der Waals surface area contributed by atoms with Gasteiger partial charge in [0.25, 0.3) is 5.62 Å². The Hall–Kier alpha value is -3.80. The summed E-state index contributed by atoms with van der Waals surface area (Å²) < 4.78 is 1.91. The van der Waals surface area contributed by atoms with Gasteiger partial charge in [-0.25, -0.2) is 9.38 Å². The van der Waals surface area contributed by atoms with Gasteiger partial charge < -0.3 is 5.32 Å². The first kappa shape index (κ1) is 15.5. The van der Waals surface area contributed by atoms with Crippen molar-refractivity contribution in [2.45, 2.75) is 0 Å². The molecule has 2 aromatic carbocycles. The molecule has 0 aliphatic carbocycles. The SMILES string of the molecule is CN=c1nc2n3c(cc(-c4ccccc4)nc3n1)C=C(c1ccccc1)N2. The number of anilines is 1. The Bertz CT molecular complexity index is 1240. The van der Waals surface area contributed by atoms with Gasteiger partial charge in [0.15, 0.2) is 0 Å². The molecule has 1 aliphatic rings. The Morgan fingerprint density at radius 3 is 2.26 bits per heavy atom. The normalized spacial score (nSPS) is 13.4. The van der Waals surface area contributed by atoms with E-state index in [1.165, 1.54) is 0 Å². The van der Waals surface area contributed by atoms with Crippen molar-refractivity contribution in [2.24, 2.45) is 4.99 Å². The first-order valence-corrected chi connectivity index (χ1v) is 8.66. The molecule has 3 heterocycles. The van der Waals surface area contributed by atoms with Crippen LogP contribution in [0.3, 0.4) is 0 Å². The van der Waals surface area contributed by atoms with Crippen molar-refractivity contribution in [3.63, 3.8) is 0 Å². The van der Waals surface area contributed by atoms with Gasteiger partial charge in [0.05, 0.1) is 17.1 Å². The highest BCUT2D eigenvalue weighted by atomic mass is 15.3. The summed E-state index contributed by atoms with van der Waals surface area (Å²) in [6.07, 6.45) is 2.09. The van der Waals surface area contributed by atoms with Crippen LogP contribution in [0.1, 0.15) is 11.3 Å². The predicted molar refractivity (Wildman–Crippen MR) is 106 cm³/mol. The Labute approximate surface area is 155 Å². The van der Waals surface area contributed by atoms with E-state index in [-0.39, 0.29) is 0 Å². The van der Waals surface area contributed by atoms with Crippen molar-refractivity contribution in [3.05, 3.63) is 83.6 Å². The first-order chi connectivity index (χ1) is 13.3. The second-order valence-electron chi connectivity index (χ2n) is 6.19. The zero-order valence-corrected chi connectivity index (χ0v) is 14.7. The molecule has 2 aromatic heterocycles. The van der Waals surface area contributed by atoms with Gasteiger partial charge in [-0.1, -0.05) is 60.7 Å². The first-order valence-electron chi connectivity index (χ1n) is 8.66. The van der Waals surface area contributed by atoms with Crippen LogP contribution in [-0.4, -0.2) is 26.4 Å². The van der Waals surface area contributed by atoms with E-state index in [9.17, 15) is 0 Å². The molecule has 0 amide bonds. The third-order valence-electron chi connectivity index (χ3n) is 4.47. The second kappa shape index (κ2) is 6.17. The summed E-state index contributed by atoms with van der Waals surface area (Å²) in [5.41, 5.74) is 5.33. The van der Waals surface area contributed by atoms with Gasteiger partial charge in [-0.3, -0.25) is 4.99 Å². The predicted octanol–water partition coefficient (Wildman–Crippen LogP) is 3.25. The van der Waals surface area contributed by atoms with Crippen LogP contribution in [0.4, 0.5) is 5.95 Å². The number of nitrogens with one attached hydrogen (secondary N) is 1. The maximum atomic E-state index is 4.74. The van der Waals surface area contributed by atoms with E-state index in [0.29, 0.717) is 17.3 Å². The summed E-state index contributed by atoms with van der Waals surface area (Å²) in [7, 11) is 1.68. The fraction of sp³-hybridized carbons (Fsp3) is 0.0476. The lowest BCUT2D eigenvalue weighted by Gasteiger charge is -2.20. The average molecular weight is 352 g/mol. The Morgan fingerprint density at radius 2 is 1.56 bits per heavy atom. The molecule has 0 unspecified atom stereocenters. The molecule has 0 bridgehead atoms. The lowest BCUT2D eigenvalue weighted by molar-refractivity contribution is 0.897. The lowest BCUT2D eigenvalue weighted by atomic mass is 10.1. The van der Waals surface area contributed by atoms with Gasteiger partial charge in [0, 0.05) is 12.6 Å². The highest BCUT2D eigenvalue weighted by molar-refractivity contribution is 5.90. The molecular formula is C21H16N6. The maximum Gasteiger partial charge on any atom is 0.251 e. The van der Waals surface area contributed by atoms with Crippen molar-refractivity contribution < 1.29 is 0 Å². The van der Waals surface area contributed by atoms with Gasteiger partial charge in [-0.15, -0.1) is 0 Å². The molecule has 1 aliphatic heterocycles. The molecule has 5 rings (SSSR count). The van der Waals surface area contributed by atoms with E-state index >= 15 is 0 Å². The minimum Gasteiger partial charge on any atom is -0.324 e. The molecule has 0 spiro atoms. The van der Waals surface area contributed by atoms with Crippen molar-refractivity contribution in [1.82, 2.24) is 19.4 Å². The summed E-state index contributed by atoms with van der Waals surface area (Å²) in [5.74, 6) is 1.22. The average Bonchev–Trinajstić information content (AvgIpc) is 2.74. The van der Waals surface area contributed by atoms with Crippen molar-refractivity contribution in [1.29, 1.82) is 0 Å². The quantitative estimate of drug-likeness (QED) is 0.601. The molecule has 0 saturated heterocycles. The van der Waals surface area contributed by atoms with Crippen LogP contribution in [0.15, 0.2) is 71.7 Å². The Kier molecular flexibility index (Phi) is 3.53. The molecule has 0 saturated carbocycles. The third-order valence-corrected chi connectivity index (χ3v) is 4.47. The number of aromatic nitrogens is 4. The molecule has 0 fully saturated rings. The molecule has 27 heavy (non-hydrogen) atoms. The van der Waals surface area contributed by atoms with E-state index in [0.717, 1.165) is 28.2 Å². The smallest absolute Gasteiger partial charge is 0.251 e. The molecule has 0 radical (unpaired) electrons. The zero-order chi connectivity index (χ0) is 18.2. The van der Waals surface area contributed by atoms with E-state index in [4.69, 9.17) is 4.98 Å². The van der Waals surface area contributed by atoms with Gasteiger partial charge in [-0.2, -0.15) is 9.97 Å². The summed E-state index contributed by atoms with van der Waals surface area (Å²) >= 11 is 0. The lowest BCUT2D eigenvalue weighted by Crippen LogP contribution is -2.23. The van der Waals surface area contributed by atoms with Crippen LogP contribution in [-0.2, 0) is 0 Å². The highest BCUT2D eigenvalue weighted by Gasteiger charge is 2.18. The van der Waals surface area contributed by atoms with Gasteiger partial charge in [0.2, 0.25) is 11.7 Å². The third kappa shape index (κ3) is 2.67. The van der Waals surface area contributed by atoms with Crippen molar-refractivity contribution in [3.8, 4) is 11.3 Å². The van der Waals surface area contributed by atoms with Crippen molar-refractivity contribution in [2.75, 3.05) is 12.4 Å². The summed E-state index contributed by atoms with van der Waals surface area (Å²) in [4.78, 5) is 17.9. The van der Waals surface area contributed by atoms with Crippen LogP contribution in [0.2, 0.25) is 0 Å². The molecule has 4 aromatic rings. The molecule has 1 N–H and O–H groups in total. The van der Waals surface area contributed by atoms with E-state index in [1.54, 1.807) is 7.05 Å².